The highest BCUT2D eigenvalue weighted by molar-refractivity contribution is 9.10. The average molecular weight is 317 g/mol. The third kappa shape index (κ3) is 3.74. The summed E-state index contributed by atoms with van der Waals surface area (Å²) in [5.41, 5.74) is 0. The van der Waals surface area contributed by atoms with Crippen molar-refractivity contribution in [2.45, 2.75) is 13.0 Å². The Morgan fingerprint density at radius 1 is 1.61 bits per heavy atom. The van der Waals surface area contributed by atoms with E-state index in [1.807, 2.05) is 12.1 Å². The zero-order valence-corrected chi connectivity index (χ0v) is 11.9. The Balaban J connectivity index is 1.74. The topological polar surface area (TPSA) is 54.7 Å². The summed E-state index contributed by atoms with van der Waals surface area (Å²) < 4.78 is 11.3. The van der Waals surface area contributed by atoms with E-state index < -0.39 is 0 Å². The molecule has 18 heavy (non-hydrogen) atoms. The lowest BCUT2D eigenvalue weighted by Gasteiger charge is -2.18. The lowest BCUT2D eigenvalue weighted by molar-refractivity contribution is 0.181. The van der Waals surface area contributed by atoms with Crippen LogP contribution in [-0.2, 0) is 11.3 Å². The quantitative estimate of drug-likeness (QED) is 0.926. The number of carbonyl (C=O) groups excluding carboxylic acids is 1. The highest BCUT2D eigenvalue weighted by Gasteiger charge is 2.17. The van der Waals surface area contributed by atoms with Gasteiger partial charge in [-0.3, -0.25) is 0 Å². The minimum atomic E-state index is -0.0885. The van der Waals surface area contributed by atoms with Crippen molar-refractivity contribution in [3.63, 3.8) is 0 Å². The summed E-state index contributed by atoms with van der Waals surface area (Å²) in [4.78, 5) is 13.4. The van der Waals surface area contributed by atoms with Gasteiger partial charge in [-0.25, -0.2) is 4.79 Å². The van der Waals surface area contributed by atoms with Crippen LogP contribution in [0, 0.1) is 5.92 Å². The van der Waals surface area contributed by atoms with E-state index in [9.17, 15) is 4.79 Å². The summed E-state index contributed by atoms with van der Waals surface area (Å²) in [7, 11) is 1.75. The number of furan rings is 1. The molecule has 0 saturated carbocycles. The Kier molecular flexibility index (Phi) is 4.66. The molecule has 2 heterocycles. The summed E-state index contributed by atoms with van der Waals surface area (Å²) in [6.45, 7) is 2.68. The van der Waals surface area contributed by atoms with E-state index in [2.05, 4.69) is 21.2 Å². The number of ether oxygens (including phenoxy) is 1. The molecule has 2 rings (SSSR count). The number of urea groups is 1. The third-order valence-electron chi connectivity index (χ3n) is 2.93. The largest absolute Gasteiger partial charge is 0.452 e. The van der Waals surface area contributed by atoms with Gasteiger partial charge in [0.25, 0.3) is 0 Å². The minimum absolute atomic E-state index is 0.0885. The zero-order valence-electron chi connectivity index (χ0n) is 10.3. The fourth-order valence-electron chi connectivity index (χ4n) is 1.85. The van der Waals surface area contributed by atoms with E-state index >= 15 is 0 Å². The van der Waals surface area contributed by atoms with Crippen LogP contribution in [0.4, 0.5) is 4.79 Å². The number of hydrogen-bond donors (Lipinski definition) is 1. The van der Waals surface area contributed by atoms with Crippen LogP contribution < -0.4 is 5.32 Å². The minimum Gasteiger partial charge on any atom is -0.452 e. The molecule has 1 aliphatic rings. The molecule has 1 aromatic heterocycles. The first-order valence-corrected chi connectivity index (χ1v) is 6.75. The number of amides is 2. The van der Waals surface area contributed by atoms with Crippen LogP contribution in [0.25, 0.3) is 0 Å². The standard InChI is InChI=1S/C12H17BrN2O3/c1-15(7-10-2-3-11(13)18-10)12(16)14-6-9-4-5-17-8-9/h2-3,9H,4-8H2,1H3,(H,14,16). The molecule has 1 atom stereocenters. The third-order valence-corrected chi connectivity index (χ3v) is 3.36. The molecule has 1 saturated heterocycles. The van der Waals surface area contributed by atoms with Crippen LogP contribution in [0.15, 0.2) is 21.2 Å². The molecule has 2 amide bonds. The van der Waals surface area contributed by atoms with E-state index in [0.717, 1.165) is 25.4 Å². The first-order valence-electron chi connectivity index (χ1n) is 5.96. The highest BCUT2D eigenvalue weighted by Crippen LogP contribution is 2.15. The molecule has 5 nitrogen and oxygen atoms in total. The van der Waals surface area contributed by atoms with E-state index in [4.69, 9.17) is 9.15 Å². The van der Waals surface area contributed by atoms with Gasteiger partial charge in [-0.1, -0.05) is 0 Å². The van der Waals surface area contributed by atoms with E-state index in [-0.39, 0.29) is 6.03 Å². The number of carbonyl (C=O) groups is 1. The predicted octanol–water partition coefficient (Wildman–Crippen LogP) is 2.22. The van der Waals surface area contributed by atoms with Gasteiger partial charge in [-0.2, -0.15) is 0 Å². The van der Waals surface area contributed by atoms with Crippen LogP contribution in [0.1, 0.15) is 12.2 Å². The summed E-state index contributed by atoms with van der Waals surface area (Å²) in [6.07, 6.45) is 1.02. The monoisotopic (exact) mass is 316 g/mol. The second-order valence-corrected chi connectivity index (χ2v) is 5.26. The normalized spacial score (nSPS) is 18.9. The average Bonchev–Trinajstić information content (AvgIpc) is 2.97. The van der Waals surface area contributed by atoms with Gasteiger partial charge >= 0.3 is 6.03 Å². The van der Waals surface area contributed by atoms with Gasteiger partial charge in [0.2, 0.25) is 0 Å². The van der Waals surface area contributed by atoms with Crippen molar-refractivity contribution in [2.75, 3.05) is 26.8 Å². The van der Waals surface area contributed by atoms with E-state index in [1.54, 1.807) is 11.9 Å². The Bertz CT molecular complexity index is 402. The Morgan fingerprint density at radius 2 is 2.44 bits per heavy atom. The van der Waals surface area contributed by atoms with Gasteiger partial charge in [0.05, 0.1) is 13.2 Å². The summed E-state index contributed by atoms with van der Waals surface area (Å²) in [6, 6.07) is 3.57. The number of rotatable bonds is 4. The summed E-state index contributed by atoms with van der Waals surface area (Å²) in [5, 5.41) is 2.91. The van der Waals surface area contributed by atoms with Crippen LogP contribution >= 0.6 is 15.9 Å². The van der Waals surface area contributed by atoms with Crippen LogP contribution in [-0.4, -0.2) is 37.7 Å². The molecule has 1 N–H and O–H groups in total. The van der Waals surface area contributed by atoms with Crippen molar-refractivity contribution < 1.29 is 13.9 Å². The second kappa shape index (κ2) is 6.24. The second-order valence-electron chi connectivity index (χ2n) is 4.48. The molecule has 6 heteroatoms. The highest BCUT2D eigenvalue weighted by atomic mass is 79.9. The Labute approximate surface area is 115 Å². The lowest BCUT2D eigenvalue weighted by atomic mass is 10.1. The van der Waals surface area contributed by atoms with Gasteiger partial charge in [-0.15, -0.1) is 0 Å². The van der Waals surface area contributed by atoms with Crippen molar-refractivity contribution >= 4 is 22.0 Å². The van der Waals surface area contributed by atoms with E-state index in [1.165, 1.54) is 0 Å². The molecule has 0 bridgehead atoms. The van der Waals surface area contributed by atoms with Gasteiger partial charge in [0, 0.05) is 26.1 Å². The maximum Gasteiger partial charge on any atom is 0.317 e. The molecule has 0 aliphatic carbocycles. The maximum atomic E-state index is 11.8. The van der Waals surface area contributed by atoms with Crippen LogP contribution in [0.2, 0.25) is 0 Å². The fourth-order valence-corrected chi connectivity index (χ4v) is 2.19. The fraction of sp³-hybridized carbons (Fsp3) is 0.583. The number of hydrogen-bond acceptors (Lipinski definition) is 3. The smallest absolute Gasteiger partial charge is 0.317 e. The van der Waals surface area contributed by atoms with Gasteiger partial charge < -0.3 is 19.4 Å². The van der Waals surface area contributed by atoms with Crippen LogP contribution in [0.3, 0.4) is 0 Å². The SMILES string of the molecule is CN(Cc1ccc(Br)o1)C(=O)NCC1CCOC1. The first kappa shape index (κ1) is 13.4. The number of halogens is 1. The molecular formula is C12H17BrN2O3. The molecule has 1 fully saturated rings. The Hall–Kier alpha value is -1.01. The van der Waals surface area contributed by atoms with Crippen LogP contribution in [0.5, 0.6) is 0 Å². The number of nitrogens with one attached hydrogen (secondary N) is 1. The molecular weight excluding hydrogens is 300 g/mol. The molecule has 1 aromatic rings. The predicted molar refractivity (Wildman–Crippen MR) is 70.2 cm³/mol. The first-order chi connectivity index (χ1) is 8.65. The Morgan fingerprint density at radius 3 is 3.06 bits per heavy atom. The molecule has 0 radical (unpaired) electrons. The molecule has 0 spiro atoms. The van der Waals surface area contributed by atoms with Crippen molar-refractivity contribution in [3.8, 4) is 0 Å². The van der Waals surface area contributed by atoms with E-state index in [0.29, 0.717) is 23.7 Å². The van der Waals surface area contributed by atoms with Gasteiger partial charge in [0.1, 0.15) is 5.76 Å². The molecule has 0 aromatic carbocycles. The molecule has 1 unspecified atom stereocenters. The van der Waals surface area contributed by atoms with Crippen molar-refractivity contribution in [2.24, 2.45) is 5.92 Å². The summed E-state index contributed by atoms with van der Waals surface area (Å²) in [5.74, 6) is 1.20. The van der Waals surface area contributed by atoms with Crippen molar-refractivity contribution in [3.05, 3.63) is 22.6 Å². The lowest BCUT2D eigenvalue weighted by Crippen LogP contribution is -2.39. The maximum absolute atomic E-state index is 11.8. The van der Waals surface area contributed by atoms with Gasteiger partial charge in [-0.05, 0) is 34.5 Å². The van der Waals surface area contributed by atoms with Gasteiger partial charge in [0.15, 0.2) is 4.67 Å². The summed E-state index contributed by atoms with van der Waals surface area (Å²) >= 11 is 3.23. The zero-order chi connectivity index (χ0) is 13.0. The molecule has 100 valence electrons. The molecule has 1 aliphatic heterocycles. The van der Waals surface area contributed by atoms with Crippen molar-refractivity contribution in [1.82, 2.24) is 10.2 Å². The number of nitrogens with zero attached hydrogens (tertiary/aromatic N) is 1. The van der Waals surface area contributed by atoms with Crippen molar-refractivity contribution in [1.29, 1.82) is 0 Å².